The number of hydrogen-bond donors (Lipinski definition) is 2. The van der Waals surface area contributed by atoms with Crippen LogP contribution in [-0.4, -0.2) is 53.6 Å². The van der Waals surface area contributed by atoms with Crippen LogP contribution in [0, 0.1) is 0 Å². The molecule has 0 saturated carbocycles. The van der Waals surface area contributed by atoms with Gasteiger partial charge in [-0.1, -0.05) is 0 Å². The van der Waals surface area contributed by atoms with Gasteiger partial charge in [0.1, 0.15) is 12.7 Å². The van der Waals surface area contributed by atoms with Gasteiger partial charge in [-0.2, -0.15) is 4.79 Å². The Hall–Kier alpha value is -2.20. The lowest BCUT2D eigenvalue weighted by Gasteiger charge is -2.05. The molecular weight excluding hydrogens is 280 g/mol. The molecule has 0 bridgehead atoms. The van der Waals surface area contributed by atoms with E-state index in [1.807, 2.05) is 0 Å². The lowest BCUT2D eigenvalue weighted by atomic mass is 10.4. The van der Waals surface area contributed by atoms with Crippen LogP contribution in [0.15, 0.2) is 0 Å². The van der Waals surface area contributed by atoms with Gasteiger partial charge in [-0.25, -0.2) is 14.6 Å². The summed E-state index contributed by atoms with van der Waals surface area (Å²) >= 11 is 0. The number of aliphatic hydroxyl groups excluding tert-OH is 2. The molecule has 1 atom stereocenters. The first-order valence-corrected chi connectivity index (χ1v) is 5.18. The highest BCUT2D eigenvalue weighted by Crippen LogP contribution is 1.87. The first kappa shape index (κ1) is 20.1. The number of hydrogen-bond acceptors (Lipinski definition) is 10. The predicted octanol–water partition coefficient (Wildman–Crippen LogP) is -0.933. The maximum absolute atomic E-state index is 10.2. The van der Waals surface area contributed by atoms with Gasteiger partial charge in [-0.15, -0.1) is 0 Å². The SMILES string of the molecule is CC(=O)OCC(O)CO.CC(=O)OOC(=O)OC(C)=O. The maximum atomic E-state index is 10.2. The van der Waals surface area contributed by atoms with Crippen LogP contribution >= 0.6 is 0 Å². The largest absolute Gasteiger partial charge is 0.557 e. The van der Waals surface area contributed by atoms with E-state index < -0.39 is 30.2 Å². The molecule has 0 fully saturated rings. The zero-order valence-electron chi connectivity index (χ0n) is 11.2. The van der Waals surface area contributed by atoms with E-state index in [-0.39, 0.29) is 13.2 Å². The van der Waals surface area contributed by atoms with Crippen molar-refractivity contribution < 1.29 is 48.6 Å². The van der Waals surface area contributed by atoms with Crippen LogP contribution in [0.5, 0.6) is 0 Å². The molecule has 116 valence electrons. The van der Waals surface area contributed by atoms with Gasteiger partial charge < -0.3 is 19.7 Å². The van der Waals surface area contributed by atoms with E-state index in [0.29, 0.717) is 0 Å². The maximum Gasteiger partial charge on any atom is 0.557 e. The summed E-state index contributed by atoms with van der Waals surface area (Å²) in [5, 5.41) is 16.8. The summed E-state index contributed by atoms with van der Waals surface area (Å²) in [7, 11) is 0. The number of carbonyl (C=O) groups excluding carboxylic acids is 4. The van der Waals surface area contributed by atoms with Gasteiger partial charge in [0.25, 0.3) is 0 Å². The van der Waals surface area contributed by atoms with Crippen LogP contribution in [0.3, 0.4) is 0 Å². The monoisotopic (exact) mass is 296 g/mol. The Morgan fingerprint density at radius 3 is 1.85 bits per heavy atom. The molecule has 0 aromatic rings. The van der Waals surface area contributed by atoms with Crippen molar-refractivity contribution in [3.05, 3.63) is 0 Å². The van der Waals surface area contributed by atoms with Crippen LogP contribution < -0.4 is 0 Å². The minimum absolute atomic E-state index is 0.133. The van der Waals surface area contributed by atoms with Crippen LogP contribution in [-0.2, 0) is 33.6 Å². The molecule has 0 amide bonds. The van der Waals surface area contributed by atoms with Gasteiger partial charge in [0.15, 0.2) is 0 Å². The topological polar surface area (TPSA) is 146 Å². The Morgan fingerprint density at radius 1 is 0.950 bits per heavy atom. The molecule has 0 rings (SSSR count). The smallest absolute Gasteiger partial charge is 0.463 e. The normalized spacial score (nSPS) is 10.2. The van der Waals surface area contributed by atoms with E-state index in [2.05, 4.69) is 19.2 Å². The second-order valence-electron chi connectivity index (χ2n) is 3.14. The molecule has 0 aromatic heterocycles. The third-order valence-electron chi connectivity index (χ3n) is 1.14. The van der Waals surface area contributed by atoms with E-state index in [1.54, 1.807) is 0 Å². The second-order valence-corrected chi connectivity index (χ2v) is 3.14. The van der Waals surface area contributed by atoms with Crippen molar-refractivity contribution in [2.45, 2.75) is 26.9 Å². The van der Waals surface area contributed by atoms with Gasteiger partial charge >= 0.3 is 24.1 Å². The standard InChI is InChI=1S/C5H6O6.C5H10O4/c1-3(6)9-5(8)11-10-4(2)7;1-4(7)9-3-5(8)2-6/h1-2H3;5-6,8H,2-3H2,1H3. The molecule has 0 aliphatic carbocycles. The van der Waals surface area contributed by atoms with Crippen LogP contribution in [0.4, 0.5) is 4.79 Å². The van der Waals surface area contributed by atoms with Gasteiger partial charge in [0.05, 0.1) is 6.61 Å². The lowest BCUT2D eigenvalue weighted by Crippen LogP contribution is -2.20. The average molecular weight is 296 g/mol. The molecule has 1 unspecified atom stereocenters. The van der Waals surface area contributed by atoms with Gasteiger partial charge in [0.2, 0.25) is 0 Å². The summed E-state index contributed by atoms with van der Waals surface area (Å²) in [4.78, 5) is 47.7. The zero-order valence-corrected chi connectivity index (χ0v) is 11.2. The van der Waals surface area contributed by atoms with Crippen molar-refractivity contribution in [2.75, 3.05) is 13.2 Å². The van der Waals surface area contributed by atoms with Crippen molar-refractivity contribution in [1.29, 1.82) is 0 Å². The van der Waals surface area contributed by atoms with E-state index >= 15 is 0 Å². The molecule has 0 aliphatic heterocycles. The first-order chi connectivity index (χ1) is 9.18. The highest BCUT2D eigenvalue weighted by atomic mass is 17.2. The fourth-order valence-electron chi connectivity index (χ4n) is 0.493. The molecular formula is C10H16O10. The molecule has 2 N–H and O–H groups in total. The summed E-state index contributed by atoms with van der Waals surface area (Å²) in [6, 6.07) is 0. The van der Waals surface area contributed by atoms with E-state index in [1.165, 1.54) is 6.92 Å². The fourth-order valence-corrected chi connectivity index (χ4v) is 0.493. The fraction of sp³-hybridized carbons (Fsp3) is 0.600. The number of aliphatic hydroxyl groups is 2. The summed E-state index contributed by atoms with van der Waals surface area (Å²) in [6.07, 6.45) is -2.32. The lowest BCUT2D eigenvalue weighted by molar-refractivity contribution is -0.240. The minimum Gasteiger partial charge on any atom is -0.463 e. The predicted molar refractivity (Wildman–Crippen MR) is 59.7 cm³/mol. The number of carbonyl (C=O) groups is 4. The van der Waals surface area contributed by atoms with Crippen LogP contribution in [0.1, 0.15) is 20.8 Å². The number of esters is 2. The van der Waals surface area contributed by atoms with Crippen molar-refractivity contribution in [3.8, 4) is 0 Å². The molecule has 0 radical (unpaired) electrons. The van der Waals surface area contributed by atoms with Crippen LogP contribution in [0.2, 0.25) is 0 Å². The molecule has 0 spiro atoms. The Balaban J connectivity index is 0. The minimum atomic E-state index is -1.37. The van der Waals surface area contributed by atoms with E-state index in [9.17, 15) is 19.2 Å². The average Bonchev–Trinajstić information content (AvgIpc) is 2.33. The highest BCUT2D eigenvalue weighted by Gasteiger charge is 2.09. The molecule has 20 heavy (non-hydrogen) atoms. The molecule has 0 saturated heterocycles. The van der Waals surface area contributed by atoms with Gasteiger partial charge in [-0.05, 0) is 0 Å². The second kappa shape index (κ2) is 11.9. The molecule has 0 heterocycles. The summed E-state index contributed by atoms with van der Waals surface area (Å²) < 4.78 is 8.17. The van der Waals surface area contributed by atoms with Crippen molar-refractivity contribution in [2.24, 2.45) is 0 Å². The van der Waals surface area contributed by atoms with Crippen molar-refractivity contribution in [3.63, 3.8) is 0 Å². The quantitative estimate of drug-likeness (QED) is 0.289. The Morgan fingerprint density at radius 2 is 1.50 bits per heavy atom. The molecule has 0 aliphatic rings. The Kier molecular flexibility index (Phi) is 11.9. The first-order valence-electron chi connectivity index (χ1n) is 5.18. The number of ether oxygens (including phenoxy) is 2. The van der Waals surface area contributed by atoms with Crippen molar-refractivity contribution >= 4 is 24.1 Å². The Bertz CT molecular complexity index is 337. The molecule has 10 heteroatoms. The van der Waals surface area contributed by atoms with E-state index in [0.717, 1.165) is 13.8 Å². The molecule has 0 aromatic carbocycles. The summed E-state index contributed by atoms with van der Waals surface area (Å²) in [5.41, 5.74) is 0. The zero-order chi connectivity index (χ0) is 16.1. The summed E-state index contributed by atoms with van der Waals surface area (Å²) in [5.74, 6) is -2.12. The summed E-state index contributed by atoms with van der Waals surface area (Å²) in [6.45, 7) is 2.76. The number of rotatable bonds is 3. The van der Waals surface area contributed by atoms with Gasteiger partial charge in [0, 0.05) is 20.8 Å². The Labute approximate surface area is 114 Å². The third-order valence-corrected chi connectivity index (χ3v) is 1.14. The third kappa shape index (κ3) is 18.2. The molecule has 10 nitrogen and oxygen atoms in total. The van der Waals surface area contributed by atoms with Crippen molar-refractivity contribution in [1.82, 2.24) is 0 Å². The highest BCUT2D eigenvalue weighted by molar-refractivity contribution is 5.80. The van der Waals surface area contributed by atoms with Gasteiger partial charge in [-0.3, -0.25) is 9.59 Å². The van der Waals surface area contributed by atoms with E-state index in [4.69, 9.17) is 10.2 Å². The van der Waals surface area contributed by atoms with Crippen LogP contribution in [0.25, 0.3) is 0 Å².